The largest absolute Gasteiger partial charge is 0.492 e. The number of likely N-dealkylation sites (tertiary alicyclic amines) is 1. The highest BCUT2D eigenvalue weighted by Crippen LogP contribution is 2.16. The molecule has 0 atom stereocenters. The molecule has 1 aromatic rings. The summed E-state index contributed by atoms with van der Waals surface area (Å²) in [6.45, 7) is 0.550. The minimum Gasteiger partial charge on any atom is -0.492 e. The number of halogens is 1. The van der Waals surface area contributed by atoms with Gasteiger partial charge in [-0.15, -0.1) is 0 Å². The molecule has 1 heterocycles. The summed E-state index contributed by atoms with van der Waals surface area (Å²) in [5.74, 6) is 0.267. The molecule has 2 amide bonds. The molecule has 0 aliphatic carbocycles. The van der Waals surface area contributed by atoms with Gasteiger partial charge in [0, 0.05) is 23.4 Å². The van der Waals surface area contributed by atoms with Crippen molar-refractivity contribution in [3.8, 4) is 5.75 Å². The molecule has 6 heteroatoms. The number of hydrogen-bond donors (Lipinski definition) is 1. The fourth-order valence-electron chi connectivity index (χ4n) is 1.92. The quantitative estimate of drug-likeness (QED) is 0.846. The normalized spacial score (nSPS) is 16.8. The van der Waals surface area contributed by atoms with E-state index in [1.54, 1.807) is 0 Å². The van der Waals surface area contributed by atoms with Crippen molar-refractivity contribution in [2.45, 2.75) is 18.9 Å². The first-order valence-electron chi connectivity index (χ1n) is 6.03. The van der Waals surface area contributed by atoms with Crippen LogP contribution in [0.3, 0.4) is 0 Å². The molecule has 0 radical (unpaired) electrons. The molecule has 1 aliphatic heterocycles. The lowest BCUT2D eigenvalue weighted by molar-refractivity contribution is -0.148. The Hall–Kier alpha value is -1.40. The van der Waals surface area contributed by atoms with Gasteiger partial charge >= 0.3 is 0 Å². The number of carbonyl (C=O) groups is 2. The Labute approximate surface area is 119 Å². The maximum Gasteiger partial charge on any atom is 0.230 e. The number of benzene rings is 1. The molecule has 19 heavy (non-hydrogen) atoms. The third-order valence-corrected chi connectivity index (χ3v) is 3.40. The van der Waals surface area contributed by atoms with Crippen molar-refractivity contribution in [3.05, 3.63) is 28.7 Å². The number of amides is 2. The summed E-state index contributed by atoms with van der Waals surface area (Å²) in [7, 11) is 0. The van der Waals surface area contributed by atoms with Crippen LogP contribution in [0.5, 0.6) is 5.75 Å². The van der Waals surface area contributed by atoms with Crippen LogP contribution in [0.4, 0.5) is 0 Å². The van der Waals surface area contributed by atoms with Crippen molar-refractivity contribution in [1.29, 1.82) is 0 Å². The number of nitrogens with zero attached hydrogens (tertiary/aromatic N) is 1. The Morgan fingerprint density at radius 1 is 1.21 bits per heavy atom. The molecule has 2 rings (SSSR count). The predicted octanol–water partition coefficient (Wildman–Crippen LogP) is 1.30. The Morgan fingerprint density at radius 2 is 1.79 bits per heavy atom. The molecule has 5 nitrogen and oxygen atoms in total. The second kappa shape index (κ2) is 6.16. The second-order valence-electron chi connectivity index (χ2n) is 4.41. The Bertz CT molecular complexity index is 457. The van der Waals surface area contributed by atoms with Crippen LogP contribution in [0.1, 0.15) is 12.8 Å². The van der Waals surface area contributed by atoms with Gasteiger partial charge < -0.3 is 10.5 Å². The number of nitrogens with two attached hydrogens (primary N) is 1. The highest BCUT2D eigenvalue weighted by Gasteiger charge is 2.30. The van der Waals surface area contributed by atoms with E-state index >= 15 is 0 Å². The molecule has 2 N–H and O–H groups in total. The van der Waals surface area contributed by atoms with Crippen molar-refractivity contribution < 1.29 is 14.3 Å². The molecule has 0 saturated carbocycles. The van der Waals surface area contributed by atoms with E-state index in [1.165, 1.54) is 4.90 Å². The predicted molar refractivity (Wildman–Crippen MR) is 73.6 cm³/mol. The zero-order valence-electron chi connectivity index (χ0n) is 10.3. The van der Waals surface area contributed by atoms with Gasteiger partial charge in [-0.3, -0.25) is 14.5 Å². The van der Waals surface area contributed by atoms with E-state index in [2.05, 4.69) is 15.9 Å². The van der Waals surface area contributed by atoms with Gasteiger partial charge in [-0.25, -0.2) is 0 Å². The van der Waals surface area contributed by atoms with E-state index < -0.39 is 0 Å². The van der Waals surface area contributed by atoms with Crippen LogP contribution >= 0.6 is 15.9 Å². The van der Waals surface area contributed by atoms with Crippen LogP contribution in [0.2, 0.25) is 0 Å². The van der Waals surface area contributed by atoms with E-state index in [0.29, 0.717) is 5.75 Å². The van der Waals surface area contributed by atoms with E-state index in [4.69, 9.17) is 10.5 Å². The van der Waals surface area contributed by atoms with E-state index in [-0.39, 0.29) is 43.8 Å². The Balaban J connectivity index is 1.83. The van der Waals surface area contributed by atoms with Crippen LogP contribution in [0, 0.1) is 0 Å². The summed E-state index contributed by atoms with van der Waals surface area (Å²) in [4.78, 5) is 24.6. The number of rotatable bonds is 4. The van der Waals surface area contributed by atoms with Crippen molar-refractivity contribution in [3.63, 3.8) is 0 Å². The SMILES string of the molecule is NC1CC(=O)N(CCOc2ccc(Br)cc2)C(=O)C1. The average molecular weight is 327 g/mol. The Kier molecular flexibility index (Phi) is 4.55. The fraction of sp³-hybridized carbons (Fsp3) is 0.385. The smallest absolute Gasteiger partial charge is 0.230 e. The molecule has 102 valence electrons. The topological polar surface area (TPSA) is 72.6 Å². The first kappa shape index (κ1) is 14.0. The molecule has 0 bridgehead atoms. The number of carbonyl (C=O) groups excluding carboxylic acids is 2. The molecular weight excluding hydrogens is 312 g/mol. The van der Waals surface area contributed by atoms with Gasteiger partial charge in [-0.2, -0.15) is 0 Å². The van der Waals surface area contributed by atoms with Gasteiger partial charge in [0.1, 0.15) is 12.4 Å². The summed E-state index contributed by atoms with van der Waals surface area (Å²) in [6.07, 6.45) is 0.452. The lowest BCUT2D eigenvalue weighted by Gasteiger charge is -2.28. The zero-order chi connectivity index (χ0) is 13.8. The van der Waals surface area contributed by atoms with Gasteiger partial charge in [-0.1, -0.05) is 15.9 Å². The fourth-order valence-corrected chi connectivity index (χ4v) is 2.18. The maximum atomic E-state index is 11.7. The minimum absolute atomic E-state index is 0.219. The van der Waals surface area contributed by atoms with E-state index in [0.717, 1.165) is 4.47 Å². The van der Waals surface area contributed by atoms with Gasteiger partial charge in [0.2, 0.25) is 11.8 Å². The molecule has 0 spiro atoms. The van der Waals surface area contributed by atoms with Crippen molar-refractivity contribution >= 4 is 27.7 Å². The third-order valence-electron chi connectivity index (χ3n) is 2.87. The van der Waals surface area contributed by atoms with Crippen LogP contribution in [0.25, 0.3) is 0 Å². The standard InChI is InChI=1S/C13H15BrN2O3/c14-9-1-3-11(4-2-9)19-6-5-16-12(17)7-10(15)8-13(16)18/h1-4,10H,5-8,15H2. The summed E-state index contributed by atoms with van der Waals surface area (Å²) in [6, 6.07) is 7.03. The maximum absolute atomic E-state index is 11.7. The van der Waals surface area contributed by atoms with Crippen LogP contribution in [-0.2, 0) is 9.59 Å². The van der Waals surface area contributed by atoms with Crippen molar-refractivity contribution in [2.75, 3.05) is 13.2 Å². The van der Waals surface area contributed by atoms with Crippen LogP contribution < -0.4 is 10.5 Å². The van der Waals surface area contributed by atoms with Gasteiger partial charge in [0.05, 0.1) is 6.54 Å². The first-order chi connectivity index (χ1) is 9.06. The van der Waals surface area contributed by atoms with Crippen molar-refractivity contribution in [1.82, 2.24) is 4.90 Å². The molecule has 1 aromatic carbocycles. The summed E-state index contributed by atoms with van der Waals surface area (Å²) >= 11 is 3.33. The lowest BCUT2D eigenvalue weighted by atomic mass is 10.0. The van der Waals surface area contributed by atoms with Crippen molar-refractivity contribution in [2.24, 2.45) is 5.73 Å². The molecule has 1 saturated heterocycles. The van der Waals surface area contributed by atoms with E-state index in [9.17, 15) is 9.59 Å². The molecule has 1 fully saturated rings. The van der Waals surface area contributed by atoms with Gasteiger partial charge in [-0.05, 0) is 24.3 Å². The number of imide groups is 1. The molecular formula is C13H15BrN2O3. The molecule has 0 aromatic heterocycles. The minimum atomic E-state index is -0.344. The van der Waals surface area contributed by atoms with Gasteiger partial charge in [0.25, 0.3) is 0 Å². The third kappa shape index (κ3) is 3.78. The van der Waals surface area contributed by atoms with E-state index in [1.807, 2.05) is 24.3 Å². The zero-order valence-corrected chi connectivity index (χ0v) is 11.9. The molecule has 1 aliphatic rings. The number of ether oxygens (including phenoxy) is 1. The lowest BCUT2D eigenvalue weighted by Crippen LogP contribution is -2.49. The Morgan fingerprint density at radius 3 is 2.37 bits per heavy atom. The first-order valence-corrected chi connectivity index (χ1v) is 6.82. The highest BCUT2D eigenvalue weighted by molar-refractivity contribution is 9.10. The summed E-state index contributed by atoms with van der Waals surface area (Å²) in [5.41, 5.74) is 5.61. The molecule has 0 unspecified atom stereocenters. The number of piperidine rings is 1. The van der Waals surface area contributed by atoms with Crippen LogP contribution in [0.15, 0.2) is 28.7 Å². The number of hydrogen-bond acceptors (Lipinski definition) is 4. The van der Waals surface area contributed by atoms with Crippen LogP contribution in [-0.4, -0.2) is 35.9 Å². The average Bonchev–Trinajstić information content (AvgIpc) is 2.34. The summed E-state index contributed by atoms with van der Waals surface area (Å²) in [5, 5.41) is 0. The monoisotopic (exact) mass is 326 g/mol. The van der Waals surface area contributed by atoms with Gasteiger partial charge in [0.15, 0.2) is 0 Å². The highest BCUT2D eigenvalue weighted by atomic mass is 79.9. The second-order valence-corrected chi connectivity index (χ2v) is 5.33. The summed E-state index contributed by atoms with van der Waals surface area (Å²) < 4.78 is 6.46.